The van der Waals surface area contributed by atoms with Crippen LogP contribution in [0.15, 0.2) is 35.3 Å². The largest absolute Gasteiger partial charge is 0.489 e. The molecule has 1 atom stereocenters. The van der Waals surface area contributed by atoms with Gasteiger partial charge in [-0.1, -0.05) is 18.2 Å². The Balaban J connectivity index is 0.00000312. The van der Waals surface area contributed by atoms with Gasteiger partial charge in [-0.2, -0.15) is 0 Å². The molecule has 0 spiro atoms. The molecule has 1 N–H and O–H groups in total. The fourth-order valence-corrected chi connectivity index (χ4v) is 2.30. The van der Waals surface area contributed by atoms with Crippen molar-refractivity contribution in [3.8, 4) is 5.75 Å². The van der Waals surface area contributed by atoms with Crippen molar-refractivity contribution in [2.24, 2.45) is 10.9 Å². The molecule has 1 aliphatic rings. The molecule has 1 fully saturated rings. The highest BCUT2D eigenvalue weighted by atomic mass is 127. The summed E-state index contributed by atoms with van der Waals surface area (Å²) in [5.74, 6) is 2.59. The topological polar surface area (TPSA) is 46.1 Å². The molecule has 0 saturated heterocycles. The van der Waals surface area contributed by atoms with Crippen LogP contribution in [-0.4, -0.2) is 56.9 Å². The highest BCUT2D eigenvalue weighted by Crippen LogP contribution is 2.28. The van der Waals surface area contributed by atoms with Crippen molar-refractivity contribution in [1.82, 2.24) is 10.2 Å². The molecule has 25 heavy (non-hydrogen) atoms. The Kier molecular flexibility index (Phi) is 10.9. The average molecular weight is 461 g/mol. The molecule has 1 aromatic rings. The maximum absolute atomic E-state index is 5.88. The van der Waals surface area contributed by atoms with Gasteiger partial charge in [0.05, 0.1) is 13.2 Å². The predicted molar refractivity (Wildman–Crippen MR) is 114 cm³/mol. The van der Waals surface area contributed by atoms with Crippen LogP contribution < -0.4 is 10.1 Å². The molecule has 1 unspecified atom stereocenters. The fourth-order valence-electron chi connectivity index (χ4n) is 2.30. The lowest BCUT2D eigenvalue weighted by molar-refractivity contribution is 0.115. The number of nitrogens with zero attached hydrogens (tertiary/aromatic N) is 2. The van der Waals surface area contributed by atoms with Crippen molar-refractivity contribution in [3.05, 3.63) is 30.3 Å². The number of nitrogens with one attached hydrogen (secondary N) is 1. The number of likely N-dealkylation sites (N-methyl/N-ethyl adjacent to an activating group) is 1. The molecule has 0 bridgehead atoms. The quantitative estimate of drug-likeness (QED) is 0.251. The van der Waals surface area contributed by atoms with Gasteiger partial charge in [-0.3, -0.25) is 0 Å². The molecule has 0 radical (unpaired) electrons. The number of benzene rings is 1. The molecular weight excluding hydrogens is 429 g/mol. The molecule has 0 heterocycles. The summed E-state index contributed by atoms with van der Waals surface area (Å²) >= 11 is 0. The summed E-state index contributed by atoms with van der Waals surface area (Å²) in [6.45, 7) is 8.07. The van der Waals surface area contributed by atoms with E-state index in [0.717, 1.165) is 43.9 Å². The number of guanidine groups is 1. The molecule has 2 rings (SSSR count). The van der Waals surface area contributed by atoms with Crippen molar-refractivity contribution in [2.45, 2.75) is 32.8 Å². The molecule has 142 valence electrons. The second-order valence-corrected chi connectivity index (χ2v) is 6.38. The van der Waals surface area contributed by atoms with E-state index in [2.05, 4.69) is 22.1 Å². The summed E-state index contributed by atoms with van der Waals surface area (Å²) in [7, 11) is 2.05. The smallest absolute Gasteiger partial charge is 0.193 e. The van der Waals surface area contributed by atoms with Crippen LogP contribution in [0.4, 0.5) is 0 Å². The third kappa shape index (κ3) is 9.30. The van der Waals surface area contributed by atoms with E-state index >= 15 is 0 Å². The number of aliphatic imine (C=N–C) groups is 1. The van der Waals surface area contributed by atoms with Crippen LogP contribution in [-0.2, 0) is 4.74 Å². The lowest BCUT2D eigenvalue weighted by Gasteiger charge is -2.22. The second kappa shape index (κ2) is 12.4. The van der Waals surface area contributed by atoms with Crippen molar-refractivity contribution in [1.29, 1.82) is 0 Å². The zero-order valence-corrected chi connectivity index (χ0v) is 17.9. The third-order valence-electron chi connectivity index (χ3n) is 3.90. The Morgan fingerprint density at radius 2 is 2.04 bits per heavy atom. The number of para-hydroxylation sites is 1. The summed E-state index contributed by atoms with van der Waals surface area (Å²) in [4.78, 5) is 6.80. The van der Waals surface area contributed by atoms with Gasteiger partial charge >= 0.3 is 0 Å². The number of ether oxygens (including phenoxy) is 2. The first kappa shape index (κ1) is 22.0. The van der Waals surface area contributed by atoms with E-state index in [-0.39, 0.29) is 30.1 Å². The summed E-state index contributed by atoms with van der Waals surface area (Å²) in [6, 6.07) is 9.87. The fraction of sp³-hybridized carbons (Fsp3) is 0.632. The van der Waals surface area contributed by atoms with Crippen molar-refractivity contribution >= 4 is 29.9 Å². The molecule has 1 aliphatic carbocycles. The van der Waals surface area contributed by atoms with Crippen LogP contribution in [0.2, 0.25) is 0 Å². The molecular formula is C19H32IN3O2. The molecule has 0 amide bonds. The van der Waals surface area contributed by atoms with Gasteiger partial charge in [-0.25, -0.2) is 4.99 Å². The van der Waals surface area contributed by atoms with Gasteiger partial charge in [-0.05, 0) is 44.7 Å². The Morgan fingerprint density at radius 1 is 1.32 bits per heavy atom. The average Bonchev–Trinajstić information content (AvgIpc) is 3.40. The molecule has 0 aromatic heterocycles. The van der Waals surface area contributed by atoms with Crippen LogP contribution >= 0.6 is 24.0 Å². The summed E-state index contributed by atoms with van der Waals surface area (Å²) in [5, 5.41) is 3.33. The summed E-state index contributed by atoms with van der Waals surface area (Å²) in [6.07, 6.45) is 2.69. The predicted octanol–water partition coefficient (Wildman–Crippen LogP) is 3.40. The third-order valence-corrected chi connectivity index (χ3v) is 3.90. The van der Waals surface area contributed by atoms with Crippen LogP contribution in [0.25, 0.3) is 0 Å². The number of halogens is 1. The monoisotopic (exact) mass is 461 g/mol. The first-order chi connectivity index (χ1) is 11.7. The minimum Gasteiger partial charge on any atom is -0.489 e. The standard InChI is InChI=1S/C19H31N3O2.HI/c1-4-20-19(22(3)12-13-23-15-17-10-11-17)21-14-16(2)24-18-8-6-5-7-9-18;/h5-9,16-17H,4,10-15H2,1-3H3,(H,20,21);1H. The molecule has 1 aromatic carbocycles. The Labute approximate surface area is 169 Å². The van der Waals surface area contributed by atoms with Crippen LogP contribution in [0.5, 0.6) is 5.75 Å². The van der Waals surface area contributed by atoms with E-state index in [1.54, 1.807) is 0 Å². The lowest BCUT2D eigenvalue weighted by atomic mass is 10.3. The molecule has 1 saturated carbocycles. The van der Waals surface area contributed by atoms with Gasteiger partial charge in [0, 0.05) is 26.7 Å². The number of hydrogen-bond donors (Lipinski definition) is 1. The highest BCUT2D eigenvalue weighted by molar-refractivity contribution is 14.0. The van der Waals surface area contributed by atoms with E-state index < -0.39 is 0 Å². The van der Waals surface area contributed by atoms with E-state index in [1.807, 2.05) is 44.3 Å². The van der Waals surface area contributed by atoms with Crippen LogP contribution in [0.1, 0.15) is 26.7 Å². The molecule has 0 aliphatic heterocycles. The maximum Gasteiger partial charge on any atom is 0.193 e. The zero-order chi connectivity index (χ0) is 17.2. The molecule has 5 nitrogen and oxygen atoms in total. The minimum atomic E-state index is 0. The summed E-state index contributed by atoms with van der Waals surface area (Å²) in [5.41, 5.74) is 0. The first-order valence-corrected chi connectivity index (χ1v) is 8.98. The summed E-state index contributed by atoms with van der Waals surface area (Å²) < 4.78 is 11.6. The maximum atomic E-state index is 5.88. The van der Waals surface area contributed by atoms with E-state index in [0.29, 0.717) is 6.54 Å². The van der Waals surface area contributed by atoms with Gasteiger partial charge in [0.25, 0.3) is 0 Å². The SMILES string of the molecule is CCNC(=NCC(C)Oc1ccccc1)N(C)CCOCC1CC1.I. The highest BCUT2D eigenvalue weighted by Gasteiger charge is 2.21. The van der Waals surface area contributed by atoms with Gasteiger partial charge in [0.15, 0.2) is 5.96 Å². The van der Waals surface area contributed by atoms with Gasteiger partial charge in [-0.15, -0.1) is 24.0 Å². The van der Waals surface area contributed by atoms with Crippen LogP contribution in [0.3, 0.4) is 0 Å². The normalized spacial score (nSPS) is 15.2. The van der Waals surface area contributed by atoms with E-state index in [1.165, 1.54) is 12.8 Å². The van der Waals surface area contributed by atoms with E-state index in [4.69, 9.17) is 9.47 Å². The lowest BCUT2D eigenvalue weighted by Crippen LogP contribution is -2.41. The Morgan fingerprint density at radius 3 is 2.68 bits per heavy atom. The number of hydrogen-bond acceptors (Lipinski definition) is 3. The van der Waals surface area contributed by atoms with Gasteiger partial charge < -0.3 is 19.7 Å². The van der Waals surface area contributed by atoms with Gasteiger partial charge in [0.1, 0.15) is 11.9 Å². The van der Waals surface area contributed by atoms with Crippen molar-refractivity contribution in [3.63, 3.8) is 0 Å². The van der Waals surface area contributed by atoms with Crippen LogP contribution in [0, 0.1) is 5.92 Å². The second-order valence-electron chi connectivity index (χ2n) is 6.38. The minimum absolute atomic E-state index is 0. The Hall–Kier alpha value is -1.02. The number of rotatable bonds is 10. The van der Waals surface area contributed by atoms with E-state index in [9.17, 15) is 0 Å². The molecule has 6 heteroatoms. The van der Waals surface area contributed by atoms with Gasteiger partial charge in [0.2, 0.25) is 0 Å². The van der Waals surface area contributed by atoms with Crippen molar-refractivity contribution < 1.29 is 9.47 Å². The zero-order valence-electron chi connectivity index (χ0n) is 15.6. The first-order valence-electron chi connectivity index (χ1n) is 8.98. The Bertz CT molecular complexity index is 495. The van der Waals surface area contributed by atoms with Crippen molar-refractivity contribution in [2.75, 3.05) is 39.9 Å².